The van der Waals surface area contributed by atoms with Crippen molar-refractivity contribution in [2.45, 2.75) is 12.8 Å². The molecule has 0 amide bonds. The summed E-state index contributed by atoms with van der Waals surface area (Å²) in [6.45, 7) is 5.75. The van der Waals surface area contributed by atoms with Crippen LogP contribution in [0.4, 0.5) is 0 Å². The Morgan fingerprint density at radius 3 is 2.75 bits per heavy atom. The fourth-order valence-corrected chi connectivity index (χ4v) is 2.07. The van der Waals surface area contributed by atoms with E-state index in [0.717, 1.165) is 52.5 Å². The molecule has 2 heterocycles. The minimum absolute atomic E-state index is 0.549. The first-order chi connectivity index (χ1) is 7.86. The second kappa shape index (κ2) is 6.06. The van der Waals surface area contributed by atoms with Crippen molar-refractivity contribution < 1.29 is 9.47 Å². The van der Waals surface area contributed by atoms with Gasteiger partial charge in [0.05, 0.1) is 19.8 Å². The largest absolute Gasteiger partial charge is 0.381 e. The molecule has 2 saturated heterocycles. The number of hydrogen-bond acceptors (Lipinski definition) is 3. The molecule has 16 heavy (non-hydrogen) atoms. The Morgan fingerprint density at radius 1 is 1.25 bits per heavy atom. The first-order valence-corrected chi connectivity index (χ1v) is 6.06. The van der Waals surface area contributed by atoms with Gasteiger partial charge in [-0.1, -0.05) is 0 Å². The molecule has 0 aromatic carbocycles. The lowest BCUT2D eigenvalue weighted by Crippen LogP contribution is -2.45. The van der Waals surface area contributed by atoms with Crippen LogP contribution in [0.2, 0.25) is 0 Å². The fourth-order valence-electron chi connectivity index (χ4n) is 2.07. The van der Waals surface area contributed by atoms with Crippen molar-refractivity contribution in [3.05, 3.63) is 0 Å². The van der Waals surface area contributed by atoms with E-state index < -0.39 is 0 Å². The average molecular weight is 227 g/mol. The van der Waals surface area contributed by atoms with Gasteiger partial charge in [-0.25, -0.2) is 0 Å². The summed E-state index contributed by atoms with van der Waals surface area (Å²) in [6, 6.07) is 0. The Labute approximate surface area is 96.6 Å². The van der Waals surface area contributed by atoms with Crippen molar-refractivity contribution in [1.82, 2.24) is 4.90 Å². The van der Waals surface area contributed by atoms with Crippen LogP contribution in [0.15, 0.2) is 4.99 Å². The van der Waals surface area contributed by atoms with Crippen molar-refractivity contribution in [1.29, 1.82) is 0 Å². The zero-order valence-corrected chi connectivity index (χ0v) is 9.73. The quantitative estimate of drug-likeness (QED) is 0.535. The molecule has 5 heteroatoms. The zero-order valence-electron chi connectivity index (χ0n) is 9.73. The number of guanidine groups is 1. The lowest BCUT2D eigenvalue weighted by Gasteiger charge is -2.28. The highest BCUT2D eigenvalue weighted by molar-refractivity contribution is 5.78. The molecule has 2 aliphatic heterocycles. The van der Waals surface area contributed by atoms with Crippen molar-refractivity contribution in [3.8, 4) is 0 Å². The summed E-state index contributed by atoms with van der Waals surface area (Å²) in [5.74, 6) is 1.21. The molecule has 2 N–H and O–H groups in total. The highest BCUT2D eigenvalue weighted by atomic mass is 16.5. The number of nitrogens with two attached hydrogens (primary N) is 1. The summed E-state index contributed by atoms with van der Waals surface area (Å²) in [7, 11) is 0. The van der Waals surface area contributed by atoms with Crippen LogP contribution in [0.5, 0.6) is 0 Å². The second-order valence-corrected chi connectivity index (χ2v) is 4.38. The van der Waals surface area contributed by atoms with E-state index in [1.54, 1.807) is 0 Å². The third-order valence-electron chi connectivity index (χ3n) is 3.10. The van der Waals surface area contributed by atoms with E-state index in [-0.39, 0.29) is 0 Å². The van der Waals surface area contributed by atoms with Crippen LogP contribution < -0.4 is 5.73 Å². The molecule has 2 rings (SSSR count). The van der Waals surface area contributed by atoms with Gasteiger partial charge in [-0.05, 0) is 12.8 Å². The second-order valence-electron chi connectivity index (χ2n) is 4.38. The van der Waals surface area contributed by atoms with E-state index in [9.17, 15) is 0 Å². The van der Waals surface area contributed by atoms with Gasteiger partial charge in [-0.3, -0.25) is 4.99 Å². The topological polar surface area (TPSA) is 60.1 Å². The fraction of sp³-hybridized carbons (Fsp3) is 0.909. The molecule has 5 nitrogen and oxygen atoms in total. The number of aliphatic imine (C=N–C) groups is 1. The summed E-state index contributed by atoms with van der Waals surface area (Å²) >= 11 is 0. The zero-order chi connectivity index (χ0) is 11.2. The van der Waals surface area contributed by atoms with Gasteiger partial charge in [0, 0.05) is 32.2 Å². The smallest absolute Gasteiger partial charge is 0.191 e. The molecule has 2 aliphatic rings. The normalized spacial score (nSPS) is 28.1. The van der Waals surface area contributed by atoms with Crippen LogP contribution in [0.25, 0.3) is 0 Å². The van der Waals surface area contributed by atoms with E-state index in [0.29, 0.717) is 11.9 Å². The Morgan fingerprint density at radius 2 is 2.06 bits per heavy atom. The van der Waals surface area contributed by atoms with E-state index in [1.807, 2.05) is 0 Å². The van der Waals surface area contributed by atoms with Gasteiger partial charge in [-0.15, -0.1) is 0 Å². The van der Waals surface area contributed by atoms with Crippen LogP contribution in [-0.4, -0.2) is 56.9 Å². The molecule has 1 unspecified atom stereocenters. The highest BCUT2D eigenvalue weighted by Crippen LogP contribution is 2.13. The van der Waals surface area contributed by atoms with Gasteiger partial charge in [0.25, 0.3) is 0 Å². The standard InChI is InChI=1S/C11H21N3O2/c12-11(14-3-6-15-7-4-14)13-8-10-2-1-5-16-9-10/h10H,1-9H2,(H2,12,13). The maximum absolute atomic E-state index is 5.95. The molecule has 0 aromatic rings. The van der Waals surface area contributed by atoms with Crippen molar-refractivity contribution >= 4 is 5.96 Å². The molecule has 0 saturated carbocycles. The van der Waals surface area contributed by atoms with Gasteiger partial charge in [0.2, 0.25) is 0 Å². The Bertz CT molecular complexity index is 233. The predicted octanol–water partition coefficient (Wildman–Crippen LogP) is 0.0599. The minimum atomic E-state index is 0.549. The molecular formula is C11H21N3O2. The molecule has 0 spiro atoms. The third kappa shape index (κ3) is 3.35. The van der Waals surface area contributed by atoms with Crippen LogP contribution in [-0.2, 0) is 9.47 Å². The summed E-state index contributed by atoms with van der Waals surface area (Å²) in [5.41, 5.74) is 5.95. The van der Waals surface area contributed by atoms with E-state index >= 15 is 0 Å². The molecule has 0 aromatic heterocycles. The Hall–Kier alpha value is -0.810. The van der Waals surface area contributed by atoms with Crippen molar-refractivity contribution in [3.63, 3.8) is 0 Å². The minimum Gasteiger partial charge on any atom is -0.381 e. The number of nitrogens with zero attached hydrogens (tertiary/aromatic N) is 2. The molecular weight excluding hydrogens is 206 g/mol. The van der Waals surface area contributed by atoms with E-state index in [1.165, 1.54) is 6.42 Å². The van der Waals surface area contributed by atoms with Crippen LogP contribution in [0.1, 0.15) is 12.8 Å². The first kappa shape index (κ1) is 11.7. The highest BCUT2D eigenvalue weighted by Gasteiger charge is 2.15. The third-order valence-corrected chi connectivity index (χ3v) is 3.10. The van der Waals surface area contributed by atoms with Gasteiger partial charge in [0.1, 0.15) is 0 Å². The lowest BCUT2D eigenvalue weighted by molar-refractivity contribution is 0.0571. The summed E-state index contributed by atoms with van der Waals surface area (Å²) in [6.07, 6.45) is 2.36. The molecule has 2 fully saturated rings. The van der Waals surface area contributed by atoms with Gasteiger partial charge >= 0.3 is 0 Å². The molecule has 0 bridgehead atoms. The van der Waals surface area contributed by atoms with Crippen LogP contribution in [0, 0.1) is 5.92 Å². The number of hydrogen-bond donors (Lipinski definition) is 1. The number of rotatable bonds is 2. The predicted molar refractivity (Wildman–Crippen MR) is 62.4 cm³/mol. The van der Waals surface area contributed by atoms with Crippen LogP contribution >= 0.6 is 0 Å². The SMILES string of the molecule is NC(=NCC1CCCOC1)N1CCOCC1. The summed E-state index contributed by atoms with van der Waals surface area (Å²) < 4.78 is 10.7. The van der Waals surface area contributed by atoms with Crippen LogP contribution in [0.3, 0.4) is 0 Å². The molecule has 1 atom stereocenters. The number of ether oxygens (including phenoxy) is 2. The molecule has 0 radical (unpaired) electrons. The van der Waals surface area contributed by atoms with E-state index in [2.05, 4.69) is 9.89 Å². The van der Waals surface area contributed by atoms with Gasteiger partial charge < -0.3 is 20.1 Å². The molecule has 92 valence electrons. The maximum atomic E-state index is 5.95. The van der Waals surface area contributed by atoms with Gasteiger partial charge in [-0.2, -0.15) is 0 Å². The van der Waals surface area contributed by atoms with Crippen molar-refractivity contribution in [2.24, 2.45) is 16.6 Å². The Kier molecular flexibility index (Phi) is 4.42. The van der Waals surface area contributed by atoms with Gasteiger partial charge in [0.15, 0.2) is 5.96 Å². The molecule has 0 aliphatic carbocycles. The summed E-state index contributed by atoms with van der Waals surface area (Å²) in [4.78, 5) is 6.55. The average Bonchev–Trinajstić information content (AvgIpc) is 2.38. The lowest BCUT2D eigenvalue weighted by atomic mass is 10.0. The first-order valence-electron chi connectivity index (χ1n) is 6.06. The maximum Gasteiger partial charge on any atom is 0.191 e. The Balaban J connectivity index is 1.76. The van der Waals surface area contributed by atoms with Crippen molar-refractivity contribution in [2.75, 3.05) is 46.1 Å². The van der Waals surface area contributed by atoms with E-state index in [4.69, 9.17) is 15.2 Å². The monoisotopic (exact) mass is 227 g/mol. The number of morpholine rings is 1. The summed E-state index contributed by atoms with van der Waals surface area (Å²) in [5, 5.41) is 0.